The van der Waals surface area contributed by atoms with Crippen LogP contribution in [-0.2, 0) is 16.6 Å². The fraction of sp³-hybridized carbons (Fsp3) is 0.222. The number of nitrogens with one attached hydrogen (secondary N) is 3. The number of anilines is 2. The number of rotatable bonds is 5. The van der Waals surface area contributed by atoms with Gasteiger partial charge in [0.05, 0.1) is 22.8 Å². The molecule has 0 radical (unpaired) electrons. The van der Waals surface area contributed by atoms with Crippen molar-refractivity contribution < 1.29 is 8.42 Å². The van der Waals surface area contributed by atoms with Crippen LogP contribution in [0.2, 0.25) is 0 Å². The number of nitrogen functional groups attached to an aromatic ring is 1. The summed E-state index contributed by atoms with van der Waals surface area (Å²) in [5.74, 6) is 0.446. The molecular formula is C9H13N7O2S. The van der Waals surface area contributed by atoms with Gasteiger partial charge in [-0.1, -0.05) is 5.21 Å². The lowest BCUT2D eigenvalue weighted by Gasteiger charge is -2.10. The summed E-state index contributed by atoms with van der Waals surface area (Å²) < 4.78 is 25.6. The molecule has 0 spiro atoms. The average molecular weight is 283 g/mol. The minimum atomic E-state index is -3.50. The Morgan fingerprint density at radius 3 is 2.84 bits per heavy atom. The maximum Gasteiger partial charge on any atom is 0.240 e. The van der Waals surface area contributed by atoms with E-state index in [0.29, 0.717) is 17.2 Å². The monoisotopic (exact) mass is 283 g/mol. The Kier molecular flexibility index (Phi) is 3.62. The fourth-order valence-electron chi connectivity index (χ4n) is 1.41. The molecule has 0 fully saturated rings. The van der Waals surface area contributed by atoms with Crippen molar-refractivity contribution in [1.82, 2.24) is 25.3 Å². The Morgan fingerprint density at radius 2 is 2.21 bits per heavy atom. The second kappa shape index (κ2) is 5.20. The standard InChI is InChI=1S/C9H13N7O2S/c1-11-19(17,18)6-2-3-7(10)8(4-6)12-5-9-13-15-16-14-9/h2-4,11-12H,5,10H2,1H3,(H,13,14,15,16). The highest BCUT2D eigenvalue weighted by atomic mass is 32.2. The van der Waals surface area contributed by atoms with E-state index in [0.717, 1.165) is 0 Å². The molecule has 102 valence electrons. The Bertz CT molecular complexity index is 653. The van der Waals surface area contributed by atoms with Gasteiger partial charge in [-0.15, -0.1) is 10.2 Å². The zero-order valence-electron chi connectivity index (χ0n) is 10.1. The summed E-state index contributed by atoms with van der Waals surface area (Å²) in [6, 6.07) is 4.39. The predicted molar refractivity (Wildman–Crippen MR) is 68.6 cm³/mol. The first-order valence-electron chi connectivity index (χ1n) is 5.32. The van der Waals surface area contributed by atoms with Gasteiger partial charge >= 0.3 is 0 Å². The van der Waals surface area contributed by atoms with Gasteiger partial charge in [0.1, 0.15) is 0 Å². The van der Waals surface area contributed by atoms with Crippen molar-refractivity contribution in [3.05, 3.63) is 24.0 Å². The van der Waals surface area contributed by atoms with Crippen molar-refractivity contribution in [2.75, 3.05) is 18.1 Å². The lowest BCUT2D eigenvalue weighted by molar-refractivity contribution is 0.588. The smallest absolute Gasteiger partial charge is 0.240 e. The molecule has 1 aromatic heterocycles. The molecule has 0 amide bonds. The van der Waals surface area contributed by atoms with Crippen LogP contribution in [0.5, 0.6) is 0 Å². The molecule has 0 aliphatic carbocycles. The number of nitrogens with two attached hydrogens (primary N) is 1. The van der Waals surface area contributed by atoms with E-state index in [2.05, 4.69) is 30.7 Å². The Labute approximate surface area is 109 Å². The van der Waals surface area contributed by atoms with Crippen molar-refractivity contribution >= 4 is 21.4 Å². The van der Waals surface area contributed by atoms with Crippen LogP contribution in [0.1, 0.15) is 5.82 Å². The van der Waals surface area contributed by atoms with Crippen LogP contribution in [0.3, 0.4) is 0 Å². The van der Waals surface area contributed by atoms with Gasteiger partial charge in [-0.25, -0.2) is 13.1 Å². The topological polar surface area (TPSA) is 139 Å². The summed E-state index contributed by atoms with van der Waals surface area (Å²) in [7, 11) is -2.16. The van der Waals surface area contributed by atoms with E-state index in [9.17, 15) is 8.42 Å². The third-order valence-corrected chi connectivity index (χ3v) is 3.84. The average Bonchev–Trinajstić information content (AvgIpc) is 2.90. The summed E-state index contributed by atoms with van der Waals surface area (Å²) in [6.07, 6.45) is 0. The van der Waals surface area contributed by atoms with Gasteiger partial charge in [-0.2, -0.15) is 5.21 Å². The number of tetrazole rings is 1. The Balaban J connectivity index is 2.22. The molecule has 0 unspecified atom stereocenters. The second-order valence-corrected chi connectivity index (χ2v) is 5.52. The maximum atomic E-state index is 11.7. The number of aromatic amines is 1. The van der Waals surface area contributed by atoms with Crippen LogP contribution in [0.15, 0.2) is 23.1 Å². The molecule has 0 bridgehead atoms. The first kappa shape index (κ1) is 13.2. The van der Waals surface area contributed by atoms with Gasteiger partial charge in [-0.3, -0.25) is 0 Å². The van der Waals surface area contributed by atoms with Gasteiger partial charge in [0, 0.05) is 0 Å². The quantitative estimate of drug-likeness (QED) is 0.532. The number of hydrogen-bond acceptors (Lipinski definition) is 7. The van der Waals surface area contributed by atoms with Gasteiger partial charge < -0.3 is 11.1 Å². The van der Waals surface area contributed by atoms with Crippen molar-refractivity contribution in [1.29, 1.82) is 0 Å². The molecule has 0 aliphatic heterocycles. The number of nitrogens with zero attached hydrogens (tertiary/aromatic N) is 3. The minimum absolute atomic E-state index is 0.125. The molecule has 5 N–H and O–H groups in total. The van der Waals surface area contributed by atoms with Crippen molar-refractivity contribution in [3.63, 3.8) is 0 Å². The fourth-order valence-corrected chi connectivity index (χ4v) is 2.16. The number of benzene rings is 1. The van der Waals surface area contributed by atoms with Gasteiger partial charge in [0.25, 0.3) is 0 Å². The van der Waals surface area contributed by atoms with E-state index in [1.165, 1.54) is 25.2 Å². The molecule has 0 saturated heterocycles. The molecule has 1 aromatic carbocycles. The highest BCUT2D eigenvalue weighted by Crippen LogP contribution is 2.22. The Morgan fingerprint density at radius 1 is 1.42 bits per heavy atom. The first-order valence-corrected chi connectivity index (χ1v) is 6.80. The van der Waals surface area contributed by atoms with E-state index < -0.39 is 10.0 Å². The van der Waals surface area contributed by atoms with Crippen LogP contribution in [-0.4, -0.2) is 36.1 Å². The van der Waals surface area contributed by atoms with Crippen LogP contribution < -0.4 is 15.8 Å². The van der Waals surface area contributed by atoms with E-state index in [1.807, 2.05) is 0 Å². The van der Waals surface area contributed by atoms with E-state index in [1.54, 1.807) is 0 Å². The predicted octanol–water partition coefficient (Wildman–Crippen LogP) is -0.698. The number of H-pyrrole nitrogens is 1. The summed E-state index contributed by atoms with van der Waals surface area (Å²) >= 11 is 0. The first-order chi connectivity index (χ1) is 9.03. The lowest BCUT2D eigenvalue weighted by atomic mass is 10.2. The van der Waals surface area contributed by atoms with Crippen molar-refractivity contribution in [3.8, 4) is 0 Å². The summed E-state index contributed by atoms with van der Waals surface area (Å²) in [6.45, 7) is 0.282. The lowest BCUT2D eigenvalue weighted by Crippen LogP contribution is -2.19. The molecular weight excluding hydrogens is 270 g/mol. The van der Waals surface area contributed by atoms with Crippen LogP contribution in [0.25, 0.3) is 0 Å². The molecule has 2 aromatic rings. The minimum Gasteiger partial charge on any atom is -0.397 e. The van der Waals surface area contributed by atoms with Gasteiger partial charge in [0.2, 0.25) is 10.0 Å². The van der Waals surface area contributed by atoms with Crippen LogP contribution in [0, 0.1) is 0 Å². The van der Waals surface area contributed by atoms with Crippen molar-refractivity contribution in [2.45, 2.75) is 11.4 Å². The summed E-state index contributed by atoms with van der Waals surface area (Å²) in [5, 5.41) is 16.2. The molecule has 0 saturated carbocycles. The molecule has 0 atom stereocenters. The van der Waals surface area contributed by atoms with Crippen LogP contribution >= 0.6 is 0 Å². The molecule has 0 aliphatic rings. The Hall–Kier alpha value is -2.20. The zero-order valence-corrected chi connectivity index (χ0v) is 10.9. The highest BCUT2D eigenvalue weighted by molar-refractivity contribution is 7.89. The van der Waals surface area contributed by atoms with Crippen molar-refractivity contribution in [2.24, 2.45) is 0 Å². The molecule has 1 heterocycles. The third kappa shape index (κ3) is 2.98. The van der Waals surface area contributed by atoms with E-state index in [4.69, 9.17) is 5.73 Å². The summed E-state index contributed by atoms with van der Waals surface area (Å²) in [4.78, 5) is 0.125. The van der Waals surface area contributed by atoms with Crippen LogP contribution in [0.4, 0.5) is 11.4 Å². The van der Waals surface area contributed by atoms with Gasteiger partial charge in [0.15, 0.2) is 5.82 Å². The second-order valence-electron chi connectivity index (χ2n) is 3.64. The molecule has 9 nitrogen and oxygen atoms in total. The SMILES string of the molecule is CNS(=O)(=O)c1ccc(N)c(NCc2nn[nH]n2)c1. The number of aromatic nitrogens is 4. The molecule has 19 heavy (non-hydrogen) atoms. The van der Waals surface area contributed by atoms with E-state index >= 15 is 0 Å². The molecule has 10 heteroatoms. The van der Waals surface area contributed by atoms with E-state index in [-0.39, 0.29) is 11.4 Å². The van der Waals surface area contributed by atoms with Gasteiger partial charge in [-0.05, 0) is 25.2 Å². The number of sulfonamides is 1. The number of hydrogen-bond donors (Lipinski definition) is 4. The highest BCUT2D eigenvalue weighted by Gasteiger charge is 2.13. The summed E-state index contributed by atoms with van der Waals surface area (Å²) in [5.41, 5.74) is 6.69. The molecule has 2 rings (SSSR count). The largest absolute Gasteiger partial charge is 0.397 e. The third-order valence-electron chi connectivity index (χ3n) is 2.43. The maximum absolute atomic E-state index is 11.7. The zero-order chi connectivity index (χ0) is 13.9. The normalized spacial score (nSPS) is 11.4.